The fourth-order valence-corrected chi connectivity index (χ4v) is 8.75. The summed E-state index contributed by atoms with van der Waals surface area (Å²) in [5.74, 6) is -1.69. The van der Waals surface area contributed by atoms with E-state index in [1.165, 1.54) is 25.1 Å². The first-order valence-electron chi connectivity index (χ1n) is 19.1. The quantitative estimate of drug-likeness (QED) is 0.334. The van der Waals surface area contributed by atoms with Gasteiger partial charge in [0.2, 0.25) is 17.7 Å². The maximum Gasteiger partial charge on any atom is 0.407 e. The molecular weight excluding hydrogens is 729 g/mol. The van der Waals surface area contributed by atoms with Crippen molar-refractivity contribution in [2.24, 2.45) is 17.3 Å². The minimum absolute atomic E-state index is 0.00985. The van der Waals surface area contributed by atoms with Crippen LogP contribution < -0.4 is 24.8 Å². The molecule has 300 valence electrons. The molecule has 0 unspecified atom stereocenters. The Morgan fingerprint density at radius 1 is 1.15 bits per heavy atom. The van der Waals surface area contributed by atoms with Gasteiger partial charge in [-0.2, -0.15) is 12.7 Å². The second-order valence-electron chi connectivity index (χ2n) is 16.3. The number of benzene rings is 1. The summed E-state index contributed by atoms with van der Waals surface area (Å²) in [6, 6.07) is 3.71. The van der Waals surface area contributed by atoms with Crippen LogP contribution in [0.3, 0.4) is 0 Å². The lowest BCUT2D eigenvalue weighted by molar-refractivity contribution is -0.142. The van der Waals surface area contributed by atoms with Crippen molar-refractivity contribution in [3.8, 4) is 11.6 Å². The Kier molecular flexibility index (Phi) is 11.7. The number of hydrogen-bond acceptors (Lipinski definition) is 10. The molecule has 6 rings (SSSR count). The number of carbonyl (C=O) groups is 4. The molecule has 4 bridgehead atoms. The van der Waals surface area contributed by atoms with Gasteiger partial charge in [0.05, 0.1) is 20.3 Å². The summed E-state index contributed by atoms with van der Waals surface area (Å²) in [4.78, 5) is 62.2. The van der Waals surface area contributed by atoms with E-state index in [-0.39, 0.29) is 37.3 Å². The monoisotopic (exact) mass is 782 g/mol. The zero-order valence-corrected chi connectivity index (χ0v) is 33.2. The number of aromatic nitrogens is 1. The highest BCUT2D eigenvalue weighted by molar-refractivity contribution is 7.87. The lowest BCUT2D eigenvalue weighted by Crippen LogP contribution is -2.59. The Labute approximate surface area is 323 Å². The number of nitrogens with zero attached hydrogens (tertiary/aromatic N) is 3. The number of carbonyl (C=O) groups excluding carboxylic acids is 4. The van der Waals surface area contributed by atoms with Crippen molar-refractivity contribution in [1.82, 2.24) is 29.5 Å². The van der Waals surface area contributed by atoms with Crippen molar-refractivity contribution >= 4 is 44.8 Å². The van der Waals surface area contributed by atoms with Crippen LogP contribution in [-0.2, 0) is 35.8 Å². The Bertz CT molecular complexity index is 1930. The lowest BCUT2D eigenvalue weighted by Gasteiger charge is -2.35. The SMILES string of the molecule is C=C[C@@H]1C[C@]1(NC(=O)[C@@H]1C[C@@H]2CN1C(=O)[C@H](C1CCCCC1)NC(=O)OCC(C)(C)CCCc1cc3c(nccc3cc1OC)O2)C(=O)NS(=O)(=O)N(C)C. The first-order valence-corrected chi connectivity index (χ1v) is 20.6. The van der Waals surface area contributed by atoms with Crippen LogP contribution in [0.5, 0.6) is 11.6 Å². The molecule has 4 aliphatic rings. The van der Waals surface area contributed by atoms with Crippen molar-refractivity contribution in [1.29, 1.82) is 0 Å². The van der Waals surface area contributed by atoms with Gasteiger partial charge in [-0.3, -0.25) is 14.4 Å². The van der Waals surface area contributed by atoms with E-state index in [0.29, 0.717) is 25.1 Å². The molecule has 1 aromatic carbocycles. The molecule has 4 amide bonds. The molecule has 2 saturated carbocycles. The first-order chi connectivity index (χ1) is 26.1. The Hall–Kier alpha value is -4.44. The van der Waals surface area contributed by atoms with Crippen molar-refractivity contribution < 1.29 is 41.8 Å². The number of amides is 4. The predicted molar refractivity (Wildman–Crippen MR) is 204 cm³/mol. The second-order valence-corrected chi connectivity index (χ2v) is 18.2. The van der Waals surface area contributed by atoms with Crippen LogP contribution >= 0.6 is 0 Å². The van der Waals surface area contributed by atoms with Gasteiger partial charge in [0.25, 0.3) is 5.91 Å². The Morgan fingerprint density at radius 3 is 2.56 bits per heavy atom. The minimum Gasteiger partial charge on any atom is -0.496 e. The van der Waals surface area contributed by atoms with Crippen molar-refractivity contribution in [3.05, 3.63) is 42.6 Å². The third-order valence-electron chi connectivity index (χ3n) is 11.6. The zero-order chi connectivity index (χ0) is 39.7. The largest absolute Gasteiger partial charge is 0.496 e. The molecule has 2 aliphatic carbocycles. The highest BCUT2D eigenvalue weighted by Gasteiger charge is 2.61. The summed E-state index contributed by atoms with van der Waals surface area (Å²) < 4.78 is 46.3. The van der Waals surface area contributed by atoms with Crippen molar-refractivity contribution in [2.75, 3.05) is 34.4 Å². The number of ether oxygens (including phenoxy) is 3. The van der Waals surface area contributed by atoms with Gasteiger partial charge in [-0.15, -0.1) is 6.58 Å². The van der Waals surface area contributed by atoms with Gasteiger partial charge in [0.1, 0.15) is 29.5 Å². The van der Waals surface area contributed by atoms with E-state index in [1.54, 1.807) is 13.3 Å². The molecule has 3 N–H and O–H groups in total. The van der Waals surface area contributed by atoms with Crippen LogP contribution in [0.2, 0.25) is 0 Å². The molecule has 0 radical (unpaired) electrons. The number of methoxy groups -OCH3 is 1. The molecular formula is C39H54N6O9S. The van der Waals surface area contributed by atoms with Crippen molar-refractivity contribution in [3.63, 3.8) is 0 Å². The standard InChI is InChI=1S/C39H54N6O9S/c1-7-27-21-39(27,36(48)43-55(50,51)44(4)5)42-33(46)30-20-28-22-45(30)35(47)32(24-12-9-8-10-13-24)41-37(49)53-23-38(2,3)16-11-14-26-18-29-25(19-31(26)52-6)15-17-40-34(29)54-28/h7,15,17-19,24,27-28,30,32H,1,8-14,16,20-23H2,2-6H3,(H,41,49)(H,42,46)(H,43,48)/t27-,28-,30+,32+,39-/m1/s1. The number of alkyl carbamates (subject to hydrolysis) is 1. The summed E-state index contributed by atoms with van der Waals surface area (Å²) in [6.07, 6.45) is 8.35. The van der Waals surface area contributed by atoms with E-state index in [0.717, 1.165) is 58.5 Å². The molecule has 3 heterocycles. The highest BCUT2D eigenvalue weighted by Crippen LogP contribution is 2.45. The van der Waals surface area contributed by atoms with Gasteiger partial charge >= 0.3 is 16.3 Å². The van der Waals surface area contributed by atoms with E-state index in [9.17, 15) is 27.6 Å². The molecule has 2 aromatic rings. The maximum absolute atomic E-state index is 14.8. The van der Waals surface area contributed by atoms with Gasteiger partial charge in [0.15, 0.2) is 0 Å². The fraction of sp³-hybridized carbons (Fsp3) is 0.615. The summed E-state index contributed by atoms with van der Waals surface area (Å²) in [5, 5.41) is 7.29. The smallest absolute Gasteiger partial charge is 0.407 e. The van der Waals surface area contributed by atoms with Gasteiger partial charge < -0.3 is 29.7 Å². The number of pyridine rings is 1. The third kappa shape index (κ3) is 8.69. The molecule has 1 saturated heterocycles. The number of hydrogen-bond donors (Lipinski definition) is 3. The lowest BCUT2D eigenvalue weighted by atomic mass is 9.83. The normalized spacial score (nSPS) is 27.6. The Balaban J connectivity index is 1.37. The van der Waals surface area contributed by atoms with Gasteiger partial charge in [-0.25, -0.2) is 14.5 Å². The second kappa shape index (κ2) is 16.0. The summed E-state index contributed by atoms with van der Waals surface area (Å²) in [7, 11) is 0.0195. The van der Waals surface area contributed by atoms with E-state index < -0.39 is 63.7 Å². The number of rotatable bonds is 8. The average Bonchev–Trinajstić information content (AvgIpc) is 3.71. The fourth-order valence-electron chi connectivity index (χ4n) is 8.15. The molecule has 1 aromatic heterocycles. The zero-order valence-electron chi connectivity index (χ0n) is 32.4. The molecule has 3 fully saturated rings. The minimum atomic E-state index is -4.17. The summed E-state index contributed by atoms with van der Waals surface area (Å²) >= 11 is 0. The molecule has 0 spiro atoms. The van der Waals surface area contributed by atoms with Crippen LogP contribution in [0.1, 0.15) is 77.2 Å². The topological polar surface area (TPSA) is 186 Å². The average molecular weight is 783 g/mol. The predicted octanol–water partition coefficient (Wildman–Crippen LogP) is 3.61. The highest BCUT2D eigenvalue weighted by atomic mass is 32.2. The van der Waals surface area contributed by atoms with Gasteiger partial charge in [-0.1, -0.05) is 39.2 Å². The van der Waals surface area contributed by atoms with E-state index >= 15 is 0 Å². The van der Waals surface area contributed by atoms with E-state index in [1.807, 2.05) is 32.0 Å². The number of cyclic esters (lactones) is 1. The molecule has 16 heteroatoms. The summed E-state index contributed by atoms with van der Waals surface area (Å²) in [6.45, 7) is 7.97. The number of aryl methyl sites for hydroxylation is 1. The van der Waals surface area contributed by atoms with Gasteiger partial charge in [-0.05, 0) is 79.0 Å². The van der Waals surface area contributed by atoms with Crippen LogP contribution in [-0.4, -0.2) is 105 Å². The molecule has 55 heavy (non-hydrogen) atoms. The first kappa shape index (κ1) is 40.2. The van der Waals surface area contributed by atoms with Crippen molar-refractivity contribution in [2.45, 2.75) is 102 Å². The summed E-state index contributed by atoms with van der Waals surface area (Å²) in [5.41, 5.74) is -0.995. The third-order valence-corrected chi connectivity index (χ3v) is 13.0. The Morgan fingerprint density at radius 2 is 1.89 bits per heavy atom. The molecule has 2 aliphatic heterocycles. The maximum atomic E-state index is 14.8. The molecule has 15 nitrogen and oxygen atoms in total. The van der Waals surface area contributed by atoms with E-state index in [2.05, 4.69) is 26.9 Å². The number of nitrogens with one attached hydrogen (secondary N) is 3. The van der Waals surface area contributed by atoms with Gasteiger partial charge in [0, 0.05) is 38.0 Å². The van der Waals surface area contributed by atoms with E-state index in [4.69, 9.17) is 14.2 Å². The number of fused-ring (bicyclic) bond motifs is 3. The van der Waals surface area contributed by atoms with Crippen LogP contribution in [0.15, 0.2) is 37.1 Å². The van der Waals surface area contributed by atoms with Crippen LogP contribution in [0.4, 0.5) is 4.79 Å². The van der Waals surface area contributed by atoms with Crippen LogP contribution in [0, 0.1) is 17.3 Å². The molecule has 5 atom stereocenters. The van der Waals surface area contributed by atoms with Crippen LogP contribution in [0.25, 0.3) is 10.8 Å².